The van der Waals surface area contributed by atoms with Crippen molar-refractivity contribution in [1.29, 1.82) is 0 Å². The van der Waals surface area contributed by atoms with Crippen LogP contribution in [0.3, 0.4) is 0 Å². The fraction of sp³-hybridized carbons (Fsp3) is 0.500. The smallest absolute Gasteiger partial charge is 0.265 e. The number of halogens is 3. The highest BCUT2D eigenvalue weighted by Gasteiger charge is 2.28. The highest BCUT2D eigenvalue weighted by atomic mass is 79.9. The number of nitrogens with zero attached hydrogens (tertiary/aromatic N) is 1. The van der Waals surface area contributed by atoms with Gasteiger partial charge in [-0.3, -0.25) is 0 Å². The van der Waals surface area contributed by atoms with Crippen molar-refractivity contribution in [1.82, 2.24) is 4.98 Å². The van der Waals surface area contributed by atoms with E-state index in [1.165, 1.54) is 11.3 Å². The summed E-state index contributed by atoms with van der Waals surface area (Å²) in [5.41, 5.74) is 5.25. The first-order valence-electron chi connectivity index (χ1n) is 3.21. The summed E-state index contributed by atoms with van der Waals surface area (Å²) in [5.74, 6) is -2.84. The largest absolute Gasteiger partial charge is 0.325 e. The molecular formula is C6H7BrF2N2S. The molecule has 12 heavy (non-hydrogen) atoms. The Morgan fingerprint density at radius 3 is 2.75 bits per heavy atom. The van der Waals surface area contributed by atoms with E-state index in [1.54, 1.807) is 5.38 Å². The van der Waals surface area contributed by atoms with Crippen LogP contribution in [-0.4, -0.2) is 17.5 Å². The van der Waals surface area contributed by atoms with E-state index in [-0.39, 0.29) is 6.42 Å². The van der Waals surface area contributed by atoms with Gasteiger partial charge < -0.3 is 5.73 Å². The highest BCUT2D eigenvalue weighted by Crippen LogP contribution is 2.22. The SMILES string of the molecule is NCC(F)(F)Cc1csc(Br)n1. The molecule has 0 saturated carbocycles. The van der Waals surface area contributed by atoms with Gasteiger partial charge in [0.25, 0.3) is 5.92 Å². The maximum atomic E-state index is 12.7. The Morgan fingerprint density at radius 1 is 1.67 bits per heavy atom. The zero-order valence-electron chi connectivity index (χ0n) is 6.06. The minimum absolute atomic E-state index is 0.377. The molecule has 1 aromatic rings. The molecule has 0 aliphatic heterocycles. The average Bonchev–Trinajstić information content (AvgIpc) is 2.35. The lowest BCUT2D eigenvalue weighted by Gasteiger charge is -2.10. The Balaban J connectivity index is 2.63. The number of thiazole rings is 1. The van der Waals surface area contributed by atoms with Crippen molar-refractivity contribution in [2.45, 2.75) is 12.3 Å². The van der Waals surface area contributed by atoms with Crippen molar-refractivity contribution in [3.05, 3.63) is 15.0 Å². The second-order valence-corrected chi connectivity index (χ2v) is 4.46. The minimum atomic E-state index is -2.84. The van der Waals surface area contributed by atoms with Crippen LogP contribution >= 0.6 is 27.3 Å². The molecule has 0 fully saturated rings. The summed E-state index contributed by atoms with van der Waals surface area (Å²) in [6, 6.07) is 0. The van der Waals surface area contributed by atoms with Gasteiger partial charge in [0.2, 0.25) is 0 Å². The normalized spacial score (nSPS) is 12.0. The highest BCUT2D eigenvalue weighted by molar-refractivity contribution is 9.11. The summed E-state index contributed by atoms with van der Waals surface area (Å²) >= 11 is 4.38. The van der Waals surface area contributed by atoms with Gasteiger partial charge in [0.1, 0.15) is 0 Å². The fourth-order valence-corrected chi connectivity index (χ4v) is 1.75. The van der Waals surface area contributed by atoms with Crippen molar-refractivity contribution in [3.63, 3.8) is 0 Å². The Morgan fingerprint density at radius 2 is 2.33 bits per heavy atom. The van der Waals surface area contributed by atoms with Gasteiger partial charge in [0, 0.05) is 5.38 Å². The third kappa shape index (κ3) is 2.76. The topological polar surface area (TPSA) is 38.9 Å². The summed E-state index contributed by atoms with van der Waals surface area (Å²) in [6.07, 6.45) is -0.383. The predicted molar refractivity (Wildman–Crippen MR) is 47.5 cm³/mol. The Kier molecular flexibility index (Phi) is 3.14. The van der Waals surface area contributed by atoms with Gasteiger partial charge in [0.15, 0.2) is 3.92 Å². The summed E-state index contributed by atoms with van der Waals surface area (Å²) in [6.45, 7) is -0.637. The number of hydrogen-bond acceptors (Lipinski definition) is 3. The van der Waals surface area contributed by atoms with Gasteiger partial charge >= 0.3 is 0 Å². The predicted octanol–water partition coefficient (Wildman–Crippen LogP) is 2.04. The van der Waals surface area contributed by atoms with E-state index in [0.29, 0.717) is 9.61 Å². The summed E-state index contributed by atoms with van der Waals surface area (Å²) in [4.78, 5) is 3.84. The molecule has 0 atom stereocenters. The van der Waals surface area contributed by atoms with Gasteiger partial charge in [-0.25, -0.2) is 13.8 Å². The lowest BCUT2D eigenvalue weighted by atomic mass is 10.2. The molecule has 0 amide bonds. The van der Waals surface area contributed by atoms with Gasteiger partial charge in [-0.15, -0.1) is 11.3 Å². The number of hydrogen-bond donors (Lipinski definition) is 1. The van der Waals surface area contributed by atoms with Crippen LogP contribution in [0.1, 0.15) is 5.69 Å². The van der Waals surface area contributed by atoms with Crippen LogP contribution < -0.4 is 5.73 Å². The first kappa shape index (κ1) is 10.0. The van der Waals surface area contributed by atoms with Crippen LogP contribution in [-0.2, 0) is 6.42 Å². The minimum Gasteiger partial charge on any atom is -0.325 e. The standard InChI is InChI=1S/C6H7BrF2N2S/c7-5-11-4(2-12-5)1-6(8,9)3-10/h2H,1,3,10H2. The van der Waals surface area contributed by atoms with Crippen LogP contribution in [0, 0.1) is 0 Å². The summed E-state index contributed by atoms with van der Waals surface area (Å²) in [7, 11) is 0. The maximum Gasteiger partial charge on any atom is 0.265 e. The number of rotatable bonds is 3. The van der Waals surface area contributed by atoms with Crippen LogP contribution in [0.4, 0.5) is 8.78 Å². The van der Waals surface area contributed by atoms with E-state index in [4.69, 9.17) is 5.73 Å². The van der Waals surface area contributed by atoms with Crippen molar-refractivity contribution in [2.75, 3.05) is 6.54 Å². The fourth-order valence-electron chi connectivity index (χ4n) is 0.701. The summed E-state index contributed by atoms with van der Waals surface area (Å²) < 4.78 is 26.0. The van der Waals surface area contributed by atoms with Crippen molar-refractivity contribution >= 4 is 27.3 Å². The molecule has 1 aromatic heterocycles. The van der Waals surface area contributed by atoms with Gasteiger partial charge in [-0.05, 0) is 15.9 Å². The first-order valence-corrected chi connectivity index (χ1v) is 4.88. The molecule has 6 heteroatoms. The molecule has 0 saturated heterocycles. The van der Waals surface area contributed by atoms with Crippen molar-refractivity contribution < 1.29 is 8.78 Å². The Hall–Kier alpha value is -0.0700. The van der Waals surface area contributed by atoms with Crippen molar-refractivity contribution in [2.24, 2.45) is 5.73 Å². The van der Waals surface area contributed by atoms with Crippen molar-refractivity contribution in [3.8, 4) is 0 Å². The first-order chi connectivity index (χ1) is 5.53. The second-order valence-electron chi connectivity index (χ2n) is 2.33. The zero-order valence-corrected chi connectivity index (χ0v) is 8.46. The maximum absolute atomic E-state index is 12.7. The molecule has 0 bridgehead atoms. The number of nitrogens with two attached hydrogens (primary N) is 1. The lowest BCUT2D eigenvalue weighted by molar-refractivity contribution is 0.0107. The molecule has 0 aromatic carbocycles. The molecule has 0 aliphatic rings. The summed E-state index contributed by atoms with van der Waals surface area (Å²) in [5, 5.41) is 1.59. The quantitative estimate of drug-likeness (QED) is 0.899. The van der Waals surface area contributed by atoms with Gasteiger partial charge in [0.05, 0.1) is 18.7 Å². The molecule has 0 aliphatic carbocycles. The third-order valence-electron chi connectivity index (χ3n) is 1.26. The molecule has 2 nitrogen and oxygen atoms in total. The molecule has 1 rings (SSSR count). The molecular weight excluding hydrogens is 250 g/mol. The second kappa shape index (κ2) is 3.76. The van der Waals surface area contributed by atoms with Crippen LogP contribution in [0.15, 0.2) is 9.30 Å². The number of aromatic nitrogens is 1. The van der Waals surface area contributed by atoms with Gasteiger partial charge in [-0.2, -0.15) is 0 Å². The molecule has 0 radical (unpaired) electrons. The zero-order chi connectivity index (χ0) is 9.19. The Labute approximate surface area is 80.9 Å². The van der Waals surface area contributed by atoms with E-state index in [2.05, 4.69) is 20.9 Å². The molecule has 2 N–H and O–H groups in total. The van der Waals surface area contributed by atoms with Gasteiger partial charge in [-0.1, -0.05) is 0 Å². The number of alkyl halides is 2. The third-order valence-corrected chi connectivity index (χ3v) is 2.68. The molecule has 0 unspecified atom stereocenters. The molecule has 68 valence electrons. The van der Waals surface area contributed by atoms with E-state index < -0.39 is 12.5 Å². The van der Waals surface area contributed by atoms with E-state index in [0.717, 1.165) is 0 Å². The van der Waals surface area contributed by atoms with Crippen LogP contribution in [0.2, 0.25) is 0 Å². The van der Waals surface area contributed by atoms with Crippen LogP contribution in [0.5, 0.6) is 0 Å². The monoisotopic (exact) mass is 256 g/mol. The lowest BCUT2D eigenvalue weighted by Crippen LogP contribution is -2.30. The molecule has 0 spiro atoms. The van der Waals surface area contributed by atoms with E-state index >= 15 is 0 Å². The van der Waals surface area contributed by atoms with E-state index in [1.807, 2.05) is 0 Å². The Bertz CT molecular complexity index is 264. The van der Waals surface area contributed by atoms with Crippen LogP contribution in [0.25, 0.3) is 0 Å². The average molecular weight is 257 g/mol. The molecule has 1 heterocycles. The van der Waals surface area contributed by atoms with E-state index in [9.17, 15) is 8.78 Å².